The van der Waals surface area contributed by atoms with Crippen molar-refractivity contribution >= 4 is 17.4 Å². The quantitative estimate of drug-likeness (QED) is 0.422. The van der Waals surface area contributed by atoms with Crippen molar-refractivity contribution in [2.24, 2.45) is 5.92 Å². The number of carbonyl (C=O) groups excluding carboxylic acids is 1. The molecular formula is C8H11ClO. The van der Waals surface area contributed by atoms with Crippen LogP contribution < -0.4 is 0 Å². The van der Waals surface area contributed by atoms with Crippen LogP contribution in [0.1, 0.15) is 20.3 Å². The zero-order chi connectivity index (χ0) is 7.72. The molecule has 56 valence electrons. The fourth-order valence-corrected chi connectivity index (χ4v) is 1.35. The standard InChI is InChI=1S/C8H11ClO/c1-5(2)3-6-4-7(10)8(6)9/h3,6,8H,4H2,1-2H3/t6-,8+/m1/s1. The Labute approximate surface area is 66.1 Å². The number of ketones is 1. The molecular weight excluding hydrogens is 148 g/mol. The molecule has 0 amide bonds. The third kappa shape index (κ3) is 1.40. The molecule has 0 saturated heterocycles. The van der Waals surface area contributed by atoms with Crippen LogP contribution in [0.3, 0.4) is 0 Å². The molecule has 1 aliphatic rings. The molecule has 1 saturated carbocycles. The molecule has 1 nitrogen and oxygen atoms in total. The van der Waals surface area contributed by atoms with Crippen molar-refractivity contribution in [1.82, 2.24) is 0 Å². The first-order valence-corrected chi connectivity index (χ1v) is 3.86. The summed E-state index contributed by atoms with van der Waals surface area (Å²) in [5, 5.41) is -0.241. The Balaban J connectivity index is 2.48. The zero-order valence-corrected chi connectivity index (χ0v) is 6.98. The van der Waals surface area contributed by atoms with Gasteiger partial charge in [0.15, 0.2) is 5.78 Å². The van der Waals surface area contributed by atoms with Gasteiger partial charge in [-0.3, -0.25) is 4.79 Å². The van der Waals surface area contributed by atoms with E-state index in [9.17, 15) is 4.79 Å². The zero-order valence-electron chi connectivity index (χ0n) is 6.23. The van der Waals surface area contributed by atoms with E-state index in [-0.39, 0.29) is 11.2 Å². The first kappa shape index (κ1) is 7.80. The van der Waals surface area contributed by atoms with Crippen molar-refractivity contribution in [3.63, 3.8) is 0 Å². The minimum absolute atomic E-state index is 0.184. The lowest BCUT2D eigenvalue weighted by molar-refractivity contribution is -0.125. The van der Waals surface area contributed by atoms with Crippen LogP contribution in [0, 0.1) is 5.92 Å². The van der Waals surface area contributed by atoms with Crippen LogP contribution in [-0.4, -0.2) is 11.2 Å². The molecule has 0 aliphatic heterocycles. The van der Waals surface area contributed by atoms with Crippen LogP contribution in [0.5, 0.6) is 0 Å². The molecule has 1 aliphatic carbocycles. The summed E-state index contributed by atoms with van der Waals surface area (Å²) in [6.07, 6.45) is 2.71. The Bertz CT molecular complexity index is 180. The van der Waals surface area contributed by atoms with Crippen molar-refractivity contribution in [1.29, 1.82) is 0 Å². The molecule has 0 radical (unpaired) electrons. The van der Waals surface area contributed by atoms with Crippen molar-refractivity contribution in [2.75, 3.05) is 0 Å². The number of carbonyl (C=O) groups is 1. The summed E-state index contributed by atoms with van der Waals surface area (Å²) in [5.41, 5.74) is 1.24. The normalized spacial score (nSPS) is 31.3. The van der Waals surface area contributed by atoms with Gasteiger partial charge in [0.25, 0.3) is 0 Å². The number of hydrogen-bond donors (Lipinski definition) is 0. The second kappa shape index (κ2) is 2.75. The molecule has 0 heterocycles. The van der Waals surface area contributed by atoms with Gasteiger partial charge in [-0.25, -0.2) is 0 Å². The van der Waals surface area contributed by atoms with Gasteiger partial charge in [0.1, 0.15) is 0 Å². The maximum atomic E-state index is 10.7. The summed E-state index contributed by atoms with van der Waals surface area (Å²) in [6, 6.07) is 0. The van der Waals surface area contributed by atoms with Gasteiger partial charge in [-0.15, -0.1) is 11.6 Å². The second-order valence-corrected chi connectivity index (χ2v) is 3.45. The minimum Gasteiger partial charge on any atom is -0.298 e. The third-order valence-electron chi connectivity index (χ3n) is 1.67. The first-order chi connectivity index (χ1) is 4.61. The van der Waals surface area contributed by atoms with Crippen molar-refractivity contribution in [3.05, 3.63) is 11.6 Å². The van der Waals surface area contributed by atoms with Gasteiger partial charge in [-0.1, -0.05) is 11.6 Å². The van der Waals surface area contributed by atoms with E-state index in [0.717, 1.165) is 0 Å². The van der Waals surface area contributed by atoms with E-state index in [2.05, 4.69) is 6.08 Å². The SMILES string of the molecule is CC(C)=C[C@@H]1CC(=O)[C@H]1Cl. The number of hydrogen-bond acceptors (Lipinski definition) is 1. The summed E-state index contributed by atoms with van der Waals surface area (Å²) in [6.45, 7) is 4.04. The molecule has 0 aromatic rings. The van der Waals surface area contributed by atoms with Crippen LogP contribution in [0.15, 0.2) is 11.6 Å². The van der Waals surface area contributed by atoms with Crippen LogP contribution >= 0.6 is 11.6 Å². The summed E-state index contributed by atoms with van der Waals surface area (Å²) < 4.78 is 0. The van der Waals surface area contributed by atoms with Crippen molar-refractivity contribution in [2.45, 2.75) is 25.6 Å². The van der Waals surface area contributed by atoms with Crippen LogP contribution in [0.2, 0.25) is 0 Å². The Morgan fingerprint density at radius 2 is 2.30 bits per heavy atom. The molecule has 2 heteroatoms. The number of rotatable bonds is 1. The summed E-state index contributed by atoms with van der Waals surface area (Å²) >= 11 is 5.72. The largest absolute Gasteiger partial charge is 0.298 e. The van der Waals surface area contributed by atoms with Crippen LogP contribution in [0.25, 0.3) is 0 Å². The highest BCUT2D eigenvalue weighted by atomic mass is 35.5. The second-order valence-electron chi connectivity index (χ2n) is 2.98. The van der Waals surface area contributed by atoms with E-state index in [1.54, 1.807) is 0 Å². The van der Waals surface area contributed by atoms with Gasteiger partial charge in [0.05, 0.1) is 5.38 Å². The maximum absolute atomic E-state index is 10.7. The van der Waals surface area contributed by atoms with E-state index in [1.165, 1.54) is 5.57 Å². The Hall–Kier alpha value is -0.300. The van der Waals surface area contributed by atoms with Crippen LogP contribution in [-0.2, 0) is 4.79 Å². The number of Topliss-reactive ketones (excluding diaryl/α,β-unsaturated/α-hetero) is 1. The van der Waals surface area contributed by atoms with Gasteiger partial charge in [0, 0.05) is 12.3 Å². The minimum atomic E-state index is -0.241. The lowest BCUT2D eigenvalue weighted by Crippen LogP contribution is -2.36. The predicted molar refractivity (Wildman–Crippen MR) is 42.2 cm³/mol. The summed E-state index contributed by atoms with van der Waals surface area (Å²) in [7, 11) is 0. The fraction of sp³-hybridized carbons (Fsp3) is 0.625. The highest BCUT2D eigenvalue weighted by molar-refractivity contribution is 6.33. The summed E-state index contributed by atoms with van der Waals surface area (Å²) in [4.78, 5) is 10.7. The summed E-state index contributed by atoms with van der Waals surface area (Å²) in [5.74, 6) is 0.489. The molecule has 0 N–H and O–H groups in total. The molecule has 0 aromatic heterocycles. The maximum Gasteiger partial charge on any atom is 0.151 e. The topological polar surface area (TPSA) is 17.1 Å². The lowest BCUT2D eigenvalue weighted by atomic mass is 9.82. The van der Waals surface area contributed by atoms with Gasteiger partial charge < -0.3 is 0 Å². The third-order valence-corrected chi connectivity index (χ3v) is 2.23. The van der Waals surface area contributed by atoms with Gasteiger partial charge in [-0.05, 0) is 13.8 Å². The van der Waals surface area contributed by atoms with E-state index in [0.29, 0.717) is 12.3 Å². The molecule has 2 atom stereocenters. The van der Waals surface area contributed by atoms with E-state index >= 15 is 0 Å². The molecule has 0 bridgehead atoms. The molecule has 0 aromatic carbocycles. The number of allylic oxidation sites excluding steroid dienone is 2. The average molecular weight is 159 g/mol. The number of alkyl halides is 1. The van der Waals surface area contributed by atoms with E-state index < -0.39 is 0 Å². The highest BCUT2D eigenvalue weighted by Gasteiger charge is 2.35. The molecule has 1 rings (SSSR count). The molecule has 0 spiro atoms. The monoisotopic (exact) mass is 158 g/mol. The lowest BCUT2D eigenvalue weighted by Gasteiger charge is -2.27. The smallest absolute Gasteiger partial charge is 0.151 e. The van der Waals surface area contributed by atoms with Gasteiger partial charge in [0.2, 0.25) is 0 Å². The molecule has 10 heavy (non-hydrogen) atoms. The Morgan fingerprint density at radius 3 is 2.60 bits per heavy atom. The Morgan fingerprint density at radius 1 is 1.70 bits per heavy atom. The fourth-order valence-electron chi connectivity index (χ4n) is 1.10. The predicted octanol–water partition coefficient (Wildman–Crippen LogP) is 2.15. The van der Waals surface area contributed by atoms with E-state index in [1.807, 2.05) is 13.8 Å². The van der Waals surface area contributed by atoms with Crippen molar-refractivity contribution in [3.8, 4) is 0 Å². The van der Waals surface area contributed by atoms with Gasteiger partial charge in [-0.2, -0.15) is 0 Å². The molecule has 1 fully saturated rings. The Kier molecular flexibility index (Phi) is 2.14. The van der Waals surface area contributed by atoms with Crippen molar-refractivity contribution < 1.29 is 4.79 Å². The molecule has 0 unspecified atom stereocenters. The number of halogens is 1. The van der Waals surface area contributed by atoms with Crippen LogP contribution in [0.4, 0.5) is 0 Å². The first-order valence-electron chi connectivity index (χ1n) is 3.43. The average Bonchev–Trinajstić information content (AvgIpc) is 1.86. The van der Waals surface area contributed by atoms with E-state index in [4.69, 9.17) is 11.6 Å². The van der Waals surface area contributed by atoms with Gasteiger partial charge >= 0.3 is 0 Å². The highest BCUT2D eigenvalue weighted by Crippen LogP contribution is 2.30.